The fourth-order valence-corrected chi connectivity index (χ4v) is 3.17. The number of hydrogen-bond donors (Lipinski definition) is 1. The normalized spacial score (nSPS) is 11.7. The van der Waals surface area contributed by atoms with Crippen LogP contribution in [0.5, 0.6) is 0 Å². The van der Waals surface area contributed by atoms with Crippen LogP contribution in [-0.2, 0) is 4.79 Å². The van der Waals surface area contributed by atoms with Crippen LogP contribution in [0.3, 0.4) is 0 Å². The third-order valence-electron chi connectivity index (χ3n) is 4.96. The van der Waals surface area contributed by atoms with E-state index in [0.29, 0.717) is 12.0 Å². The van der Waals surface area contributed by atoms with Gasteiger partial charge in [-0.3, -0.25) is 0 Å². The summed E-state index contributed by atoms with van der Waals surface area (Å²) in [5.74, 6) is 0.927. The number of aryl methyl sites for hydroxylation is 1. The first-order valence-electron chi connectivity index (χ1n) is 11.4. The molecule has 0 aliphatic heterocycles. The average Bonchev–Trinajstić information content (AvgIpc) is 2.73. The third-order valence-corrected chi connectivity index (χ3v) is 5.19. The Morgan fingerprint density at radius 1 is 1.06 bits per heavy atom. The van der Waals surface area contributed by atoms with Crippen molar-refractivity contribution in [3.8, 4) is 0 Å². The molecule has 2 aromatic rings. The van der Waals surface area contributed by atoms with E-state index in [9.17, 15) is 4.79 Å². The molecule has 2 unspecified atom stereocenters. The minimum atomic E-state index is 0.289. The van der Waals surface area contributed by atoms with Crippen molar-refractivity contribution in [2.75, 3.05) is 0 Å². The van der Waals surface area contributed by atoms with Gasteiger partial charge in [-0.1, -0.05) is 93.8 Å². The van der Waals surface area contributed by atoms with Crippen molar-refractivity contribution in [3.05, 3.63) is 83.0 Å². The highest BCUT2D eigenvalue weighted by molar-refractivity contribution is 6.30. The SMILES string of the molecule is C=CNC(C)c1ccc(C)cc1.CCCC(C)=O.CCCCC(C)c1cccc(Cl)c1. The largest absolute Gasteiger partial charge is 0.385 e. The molecule has 1 N–H and O–H groups in total. The Hall–Kier alpha value is -2.06. The van der Waals surface area contributed by atoms with Gasteiger partial charge in [-0.05, 0) is 69.0 Å². The van der Waals surface area contributed by atoms with Gasteiger partial charge in [0, 0.05) is 17.5 Å². The van der Waals surface area contributed by atoms with Gasteiger partial charge < -0.3 is 10.1 Å². The van der Waals surface area contributed by atoms with Crippen molar-refractivity contribution >= 4 is 17.4 Å². The first-order valence-corrected chi connectivity index (χ1v) is 11.8. The Balaban J connectivity index is 0.000000466. The van der Waals surface area contributed by atoms with Crippen LogP contribution in [0.4, 0.5) is 0 Å². The first kappa shape index (κ1) is 28.9. The van der Waals surface area contributed by atoms with E-state index in [0.717, 1.165) is 17.9 Å². The predicted octanol–water partition coefficient (Wildman–Crippen LogP) is 8.80. The summed E-state index contributed by atoms with van der Waals surface area (Å²) in [4.78, 5) is 10.0. The number of carbonyl (C=O) groups excluding carboxylic acids is 1. The summed E-state index contributed by atoms with van der Waals surface area (Å²) in [6.45, 7) is 16.0. The molecular formula is C28H42ClNO. The summed E-state index contributed by atoms with van der Waals surface area (Å²) in [5.41, 5.74) is 3.95. The van der Waals surface area contributed by atoms with Crippen LogP contribution >= 0.6 is 11.6 Å². The summed E-state index contributed by atoms with van der Waals surface area (Å²) in [7, 11) is 0. The molecule has 0 bridgehead atoms. The molecule has 172 valence electrons. The number of nitrogens with one attached hydrogen (secondary N) is 1. The van der Waals surface area contributed by atoms with E-state index in [2.05, 4.69) is 76.0 Å². The number of unbranched alkanes of at least 4 members (excludes halogenated alkanes) is 1. The Morgan fingerprint density at radius 3 is 2.16 bits per heavy atom. The second kappa shape index (κ2) is 17.6. The van der Waals surface area contributed by atoms with Crippen molar-refractivity contribution in [3.63, 3.8) is 0 Å². The van der Waals surface area contributed by atoms with Gasteiger partial charge in [0.2, 0.25) is 0 Å². The molecule has 31 heavy (non-hydrogen) atoms. The zero-order valence-electron chi connectivity index (χ0n) is 20.4. The molecule has 3 heteroatoms. The van der Waals surface area contributed by atoms with E-state index in [4.69, 9.17) is 11.6 Å². The van der Waals surface area contributed by atoms with Gasteiger partial charge in [0.25, 0.3) is 0 Å². The molecule has 0 saturated carbocycles. The molecule has 0 spiro atoms. The number of rotatable bonds is 9. The summed E-state index contributed by atoms with van der Waals surface area (Å²) < 4.78 is 0. The molecule has 0 amide bonds. The monoisotopic (exact) mass is 443 g/mol. The summed E-state index contributed by atoms with van der Waals surface area (Å²) >= 11 is 5.92. The number of hydrogen-bond acceptors (Lipinski definition) is 2. The van der Waals surface area contributed by atoms with Crippen molar-refractivity contribution in [1.29, 1.82) is 0 Å². The highest BCUT2D eigenvalue weighted by Gasteiger charge is 2.04. The van der Waals surface area contributed by atoms with Crippen LogP contribution in [0.15, 0.2) is 61.3 Å². The Kier molecular flexibility index (Phi) is 16.4. The predicted molar refractivity (Wildman–Crippen MR) is 138 cm³/mol. The summed E-state index contributed by atoms with van der Waals surface area (Å²) in [6.07, 6.45) is 7.27. The van der Waals surface area contributed by atoms with Gasteiger partial charge in [0.05, 0.1) is 0 Å². The molecule has 2 atom stereocenters. The molecule has 0 radical (unpaired) electrons. The number of halogens is 1. The summed E-state index contributed by atoms with van der Waals surface area (Å²) in [6, 6.07) is 17.1. The van der Waals surface area contributed by atoms with Crippen molar-refractivity contribution < 1.29 is 4.79 Å². The molecule has 0 heterocycles. The zero-order valence-corrected chi connectivity index (χ0v) is 21.1. The Morgan fingerprint density at radius 2 is 1.71 bits per heavy atom. The van der Waals surface area contributed by atoms with E-state index in [1.54, 1.807) is 13.1 Å². The van der Waals surface area contributed by atoms with E-state index in [1.165, 1.54) is 36.0 Å². The molecule has 0 fully saturated rings. The van der Waals surface area contributed by atoms with E-state index < -0.39 is 0 Å². The molecular weight excluding hydrogens is 402 g/mol. The van der Waals surface area contributed by atoms with Crippen LogP contribution in [0.25, 0.3) is 0 Å². The molecule has 2 nitrogen and oxygen atoms in total. The lowest BCUT2D eigenvalue weighted by atomic mass is 9.96. The van der Waals surface area contributed by atoms with Gasteiger partial charge in [0.1, 0.15) is 5.78 Å². The maximum Gasteiger partial charge on any atom is 0.129 e. The zero-order chi connectivity index (χ0) is 23.6. The van der Waals surface area contributed by atoms with Crippen LogP contribution < -0.4 is 5.32 Å². The number of benzene rings is 2. The van der Waals surface area contributed by atoms with Crippen LogP contribution in [0.1, 0.15) is 95.4 Å². The lowest BCUT2D eigenvalue weighted by Gasteiger charge is -2.11. The molecule has 0 aliphatic carbocycles. The van der Waals surface area contributed by atoms with Crippen molar-refractivity contribution in [2.24, 2.45) is 0 Å². The van der Waals surface area contributed by atoms with Crippen molar-refractivity contribution in [1.82, 2.24) is 5.32 Å². The minimum Gasteiger partial charge on any atom is -0.385 e. The third kappa shape index (κ3) is 14.6. The van der Waals surface area contributed by atoms with Gasteiger partial charge in [0.15, 0.2) is 0 Å². The van der Waals surface area contributed by atoms with Crippen LogP contribution in [0.2, 0.25) is 5.02 Å². The lowest BCUT2D eigenvalue weighted by Crippen LogP contribution is -2.10. The highest BCUT2D eigenvalue weighted by atomic mass is 35.5. The minimum absolute atomic E-state index is 0.289. The second-order valence-electron chi connectivity index (χ2n) is 8.05. The van der Waals surface area contributed by atoms with Crippen LogP contribution in [0, 0.1) is 6.92 Å². The molecule has 0 saturated heterocycles. The fraction of sp³-hybridized carbons (Fsp3) is 0.464. The molecule has 0 aliphatic rings. The summed E-state index contributed by atoms with van der Waals surface area (Å²) in [5, 5.41) is 3.99. The Bertz CT molecular complexity index is 739. The van der Waals surface area contributed by atoms with E-state index >= 15 is 0 Å². The van der Waals surface area contributed by atoms with Gasteiger partial charge in [-0.2, -0.15) is 0 Å². The standard InChI is InChI=1S/C12H17Cl.C11H15N.C5H10O/c1-3-4-6-10(2)11-7-5-8-12(13)9-11;1-4-12-10(3)11-7-5-9(2)6-8-11;1-3-4-5(2)6/h5,7-10H,3-4,6H2,1-2H3;4-8,10,12H,1H2,2-3H3;3-4H2,1-2H3. The fourth-order valence-electron chi connectivity index (χ4n) is 2.97. The van der Waals surface area contributed by atoms with Gasteiger partial charge in [-0.15, -0.1) is 0 Å². The van der Waals surface area contributed by atoms with Crippen LogP contribution in [-0.4, -0.2) is 5.78 Å². The molecule has 2 rings (SSSR count). The first-order chi connectivity index (χ1) is 14.7. The topological polar surface area (TPSA) is 29.1 Å². The molecule has 2 aromatic carbocycles. The highest BCUT2D eigenvalue weighted by Crippen LogP contribution is 2.23. The maximum absolute atomic E-state index is 10.0. The lowest BCUT2D eigenvalue weighted by molar-refractivity contribution is -0.117. The second-order valence-corrected chi connectivity index (χ2v) is 8.49. The van der Waals surface area contributed by atoms with E-state index in [-0.39, 0.29) is 5.78 Å². The van der Waals surface area contributed by atoms with Gasteiger partial charge in [-0.25, -0.2) is 0 Å². The number of ketones is 1. The maximum atomic E-state index is 10.0. The smallest absolute Gasteiger partial charge is 0.129 e. The Labute approximate surface area is 196 Å². The quantitative estimate of drug-likeness (QED) is 0.419. The molecule has 0 aromatic heterocycles. The number of Topliss-reactive ketones (excluding diaryl/α,β-unsaturated/α-hetero) is 1. The average molecular weight is 444 g/mol. The van der Waals surface area contributed by atoms with Crippen molar-refractivity contribution in [2.45, 2.75) is 85.6 Å². The number of carbonyl (C=O) groups is 1. The van der Waals surface area contributed by atoms with E-state index in [1.807, 2.05) is 19.1 Å². The van der Waals surface area contributed by atoms with Gasteiger partial charge >= 0.3 is 0 Å².